The minimum atomic E-state index is -0.365. The van der Waals surface area contributed by atoms with Crippen molar-refractivity contribution in [2.24, 2.45) is 0 Å². The van der Waals surface area contributed by atoms with E-state index >= 15 is 0 Å². The van der Waals surface area contributed by atoms with Crippen LogP contribution in [0.15, 0.2) is 77.3 Å². The molecule has 0 spiro atoms. The van der Waals surface area contributed by atoms with Gasteiger partial charge in [0.25, 0.3) is 5.91 Å². The van der Waals surface area contributed by atoms with Crippen molar-refractivity contribution in [3.8, 4) is 5.75 Å². The van der Waals surface area contributed by atoms with Gasteiger partial charge < -0.3 is 10.1 Å². The van der Waals surface area contributed by atoms with Gasteiger partial charge in [0.15, 0.2) is 0 Å². The molecule has 4 rings (SSSR count). The number of hydrogen-bond donors (Lipinski definition) is 1. The van der Waals surface area contributed by atoms with Gasteiger partial charge >= 0.3 is 0 Å². The number of halogens is 1. The average molecular weight is 423 g/mol. The van der Waals surface area contributed by atoms with Crippen molar-refractivity contribution in [2.75, 3.05) is 16.8 Å². The number of anilines is 2. The third-order valence-corrected chi connectivity index (χ3v) is 5.07. The van der Waals surface area contributed by atoms with E-state index < -0.39 is 0 Å². The second kappa shape index (κ2) is 7.45. The van der Waals surface area contributed by atoms with E-state index in [9.17, 15) is 4.79 Å². The lowest BCUT2D eigenvalue weighted by molar-refractivity contribution is 0.0974. The van der Waals surface area contributed by atoms with Crippen molar-refractivity contribution in [2.45, 2.75) is 13.1 Å². The summed E-state index contributed by atoms with van der Waals surface area (Å²) in [4.78, 5) is 15.2. The molecule has 4 nitrogen and oxygen atoms in total. The standard InChI is InChI=1S/C22H19BrN2O2/c1-2-27-20-10-6-4-8-18(20)21-24-19-9-5-3-7-17(19)22(26)25(21)16-13-11-15(23)12-14-16/h3-14,21,24H,2H2,1H3. The van der Waals surface area contributed by atoms with Crippen molar-refractivity contribution < 1.29 is 9.53 Å². The molecule has 3 aromatic carbocycles. The van der Waals surface area contributed by atoms with Crippen LogP contribution in [0.5, 0.6) is 5.75 Å². The maximum atomic E-state index is 13.4. The summed E-state index contributed by atoms with van der Waals surface area (Å²) in [6.45, 7) is 2.52. The topological polar surface area (TPSA) is 41.6 Å². The van der Waals surface area contributed by atoms with Crippen LogP contribution in [0.1, 0.15) is 29.0 Å². The zero-order valence-electron chi connectivity index (χ0n) is 14.9. The van der Waals surface area contributed by atoms with Crippen LogP contribution in [0.25, 0.3) is 0 Å². The summed E-state index contributed by atoms with van der Waals surface area (Å²) in [5.74, 6) is 0.731. The van der Waals surface area contributed by atoms with Gasteiger partial charge in [-0.2, -0.15) is 0 Å². The molecule has 0 saturated carbocycles. The van der Waals surface area contributed by atoms with E-state index in [-0.39, 0.29) is 12.1 Å². The SMILES string of the molecule is CCOc1ccccc1C1Nc2ccccc2C(=O)N1c1ccc(Br)cc1. The molecule has 1 atom stereocenters. The highest BCUT2D eigenvalue weighted by molar-refractivity contribution is 9.10. The number of carbonyl (C=O) groups is 1. The minimum Gasteiger partial charge on any atom is -0.493 e. The van der Waals surface area contributed by atoms with Crippen LogP contribution >= 0.6 is 15.9 Å². The lowest BCUT2D eigenvalue weighted by Crippen LogP contribution is -2.43. The number of rotatable bonds is 4. The molecule has 136 valence electrons. The molecule has 1 aliphatic heterocycles. The third-order valence-electron chi connectivity index (χ3n) is 4.54. The Hall–Kier alpha value is -2.79. The van der Waals surface area contributed by atoms with Gasteiger partial charge in [-0.1, -0.05) is 46.3 Å². The van der Waals surface area contributed by atoms with Crippen LogP contribution in [-0.2, 0) is 0 Å². The number of hydrogen-bond acceptors (Lipinski definition) is 3. The molecule has 1 aliphatic rings. The Kier molecular flexibility index (Phi) is 4.86. The fraction of sp³-hybridized carbons (Fsp3) is 0.136. The number of amides is 1. The smallest absolute Gasteiger partial charge is 0.262 e. The molecule has 0 aliphatic carbocycles. The van der Waals surface area contributed by atoms with E-state index in [1.165, 1.54) is 0 Å². The highest BCUT2D eigenvalue weighted by Gasteiger charge is 2.35. The second-order valence-corrected chi connectivity index (χ2v) is 7.13. The monoisotopic (exact) mass is 422 g/mol. The first-order chi connectivity index (χ1) is 13.2. The molecule has 0 bridgehead atoms. The van der Waals surface area contributed by atoms with Gasteiger partial charge in [0, 0.05) is 21.4 Å². The Morgan fingerprint density at radius 3 is 2.48 bits per heavy atom. The fourth-order valence-corrected chi connectivity index (χ4v) is 3.60. The van der Waals surface area contributed by atoms with E-state index in [1.807, 2.05) is 79.7 Å². The molecular formula is C22H19BrN2O2. The number of para-hydroxylation sites is 2. The van der Waals surface area contributed by atoms with E-state index in [1.54, 1.807) is 4.90 Å². The summed E-state index contributed by atoms with van der Waals surface area (Å²) in [5.41, 5.74) is 3.23. The number of ether oxygens (including phenoxy) is 1. The molecule has 5 heteroatoms. The third kappa shape index (κ3) is 3.30. The van der Waals surface area contributed by atoms with Gasteiger partial charge in [-0.3, -0.25) is 9.69 Å². The molecule has 0 radical (unpaired) electrons. The maximum absolute atomic E-state index is 13.4. The summed E-state index contributed by atoms with van der Waals surface area (Å²) >= 11 is 3.46. The van der Waals surface area contributed by atoms with Gasteiger partial charge in [-0.15, -0.1) is 0 Å². The second-order valence-electron chi connectivity index (χ2n) is 6.21. The summed E-state index contributed by atoms with van der Waals surface area (Å²) in [5, 5.41) is 3.52. The van der Waals surface area contributed by atoms with Crippen LogP contribution < -0.4 is 15.0 Å². The molecule has 27 heavy (non-hydrogen) atoms. The van der Waals surface area contributed by atoms with E-state index in [4.69, 9.17) is 4.74 Å². The van der Waals surface area contributed by atoms with Crippen LogP contribution in [-0.4, -0.2) is 12.5 Å². The number of fused-ring (bicyclic) bond motifs is 1. The van der Waals surface area contributed by atoms with Crippen molar-refractivity contribution in [1.29, 1.82) is 0 Å². The van der Waals surface area contributed by atoms with Gasteiger partial charge in [0.05, 0.1) is 12.2 Å². The van der Waals surface area contributed by atoms with Crippen molar-refractivity contribution >= 4 is 33.2 Å². The molecule has 1 heterocycles. The lowest BCUT2D eigenvalue weighted by Gasteiger charge is -2.38. The highest BCUT2D eigenvalue weighted by Crippen LogP contribution is 2.39. The zero-order valence-corrected chi connectivity index (χ0v) is 16.4. The normalized spacial score (nSPS) is 15.9. The predicted molar refractivity (Wildman–Crippen MR) is 111 cm³/mol. The Bertz CT molecular complexity index is 972. The number of benzene rings is 3. The molecule has 1 N–H and O–H groups in total. The van der Waals surface area contributed by atoms with Crippen LogP contribution in [0, 0.1) is 0 Å². The summed E-state index contributed by atoms with van der Waals surface area (Å²) in [6, 6.07) is 23.2. The number of carbonyl (C=O) groups excluding carboxylic acids is 1. The van der Waals surface area contributed by atoms with E-state index in [0.29, 0.717) is 12.2 Å². The Morgan fingerprint density at radius 2 is 1.70 bits per heavy atom. The van der Waals surface area contributed by atoms with Gasteiger partial charge in [-0.25, -0.2) is 0 Å². The molecule has 1 unspecified atom stereocenters. The number of nitrogens with one attached hydrogen (secondary N) is 1. The predicted octanol–water partition coefficient (Wildman–Crippen LogP) is 5.62. The molecule has 0 aromatic heterocycles. The summed E-state index contributed by atoms with van der Waals surface area (Å²) in [6.07, 6.45) is -0.365. The summed E-state index contributed by atoms with van der Waals surface area (Å²) in [7, 11) is 0. The average Bonchev–Trinajstić information content (AvgIpc) is 2.70. The van der Waals surface area contributed by atoms with Crippen molar-refractivity contribution in [3.05, 3.63) is 88.4 Å². The van der Waals surface area contributed by atoms with Crippen molar-refractivity contribution in [3.63, 3.8) is 0 Å². The summed E-state index contributed by atoms with van der Waals surface area (Å²) < 4.78 is 6.80. The molecule has 1 amide bonds. The lowest BCUT2D eigenvalue weighted by atomic mass is 10.0. The first-order valence-corrected chi connectivity index (χ1v) is 9.64. The fourth-order valence-electron chi connectivity index (χ4n) is 3.33. The Balaban J connectivity index is 1.87. The first kappa shape index (κ1) is 17.6. The minimum absolute atomic E-state index is 0.0389. The zero-order chi connectivity index (χ0) is 18.8. The van der Waals surface area contributed by atoms with Crippen molar-refractivity contribution in [1.82, 2.24) is 0 Å². The maximum Gasteiger partial charge on any atom is 0.262 e. The Morgan fingerprint density at radius 1 is 1.00 bits per heavy atom. The molecule has 0 saturated heterocycles. The van der Waals surface area contributed by atoms with E-state index in [0.717, 1.165) is 27.2 Å². The molecule has 0 fully saturated rings. The largest absolute Gasteiger partial charge is 0.493 e. The molecular weight excluding hydrogens is 404 g/mol. The van der Waals surface area contributed by atoms with Gasteiger partial charge in [0.1, 0.15) is 11.9 Å². The Labute approximate surface area is 166 Å². The quantitative estimate of drug-likeness (QED) is 0.593. The van der Waals surface area contributed by atoms with Gasteiger partial charge in [0.2, 0.25) is 0 Å². The van der Waals surface area contributed by atoms with E-state index in [2.05, 4.69) is 21.2 Å². The van der Waals surface area contributed by atoms with Crippen LogP contribution in [0.2, 0.25) is 0 Å². The van der Waals surface area contributed by atoms with Crippen LogP contribution in [0.3, 0.4) is 0 Å². The molecule has 3 aromatic rings. The number of nitrogens with zero attached hydrogens (tertiary/aromatic N) is 1. The highest BCUT2D eigenvalue weighted by atomic mass is 79.9. The van der Waals surface area contributed by atoms with Crippen LogP contribution in [0.4, 0.5) is 11.4 Å². The van der Waals surface area contributed by atoms with Gasteiger partial charge in [-0.05, 0) is 49.4 Å². The first-order valence-electron chi connectivity index (χ1n) is 8.85.